The zero-order valence-electron chi connectivity index (χ0n) is 20.6. The Hall–Kier alpha value is -4.18. The molecular weight excluding hydrogens is 554 g/mol. The molecule has 3 aromatic carbocycles. The predicted molar refractivity (Wildman–Crippen MR) is 148 cm³/mol. The van der Waals surface area contributed by atoms with Crippen molar-refractivity contribution in [2.75, 3.05) is 23.2 Å². The summed E-state index contributed by atoms with van der Waals surface area (Å²) in [5.74, 6) is 0.647. The summed E-state index contributed by atoms with van der Waals surface area (Å²) in [7, 11) is 0. The number of phenolic OH excluding ortho intramolecular Hbond substituents is 1. The van der Waals surface area contributed by atoms with Gasteiger partial charge in [-0.1, -0.05) is 41.1 Å². The molecule has 2 atom stereocenters. The number of aromatic hydroxyl groups is 1. The van der Waals surface area contributed by atoms with Crippen LogP contribution in [0, 0.1) is 5.92 Å². The third-order valence-corrected chi connectivity index (χ3v) is 6.44. The Bertz CT molecular complexity index is 1350. The number of nitrogens with two attached hydrogens (primary N) is 1. The first-order valence-corrected chi connectivity index (χ1v) is 12.8. The first-order valence-electron chi connectivity index (χ1n) is 12.0. The fraction of sp³-hybridized carbons (Fsp3) is 0.214. The van der Waals surface area contributed by atoms with Gasteiger partial charge in [-0.25, -0.2) is 4.79 Å². The van der Waals surface area contributed by atoms with E-state index in [1.807, 2.05) is 6.92 Å². The monoisotopic (exact) mass is 581 g/mol. The lowest BCUT2D eigenvalue weighted by Gasteiger charge is -2.25. The van der Waals surface area contributed by atoms with Gasteiger partial charge in [0.25, 0.3) is 0 Å². The number of halogens is 1. The van der Waals surface area contributed by atoms with Crippen LogP contribution in [0.15, 0.2) is 77.3 Å². The average Bonchev–Trinajstić information content (AvgIpc) is 3.36. The molecule has 0 aliphatic carbocycles. The highest BCUT2D eigenvalue weighted by molar-refractivity contribution is 9.10. The van der Waals surface area contributed by atoms with Gasteiger partial charge in [-0.15, -0.1) is 0 Å². The van der Waals surface area contributed by atoms with Crippen molar-refractivity contribution in [3.8, 4) is 17.2 Å². The van der Waals surface area contributed by atoms with Crippen LogP contribution in [0.4, 0.5) is 21.9 Å². The molecule has 4 rings (SSSR count). The van der Waals surface area contributed by atoms with E-state index in [4.69, 9.17) is 19.9 Å². The first-order chi connectivity index (χ1) is 18.3. The Morgan fingerprint density at radius 2 is 1.89 bits per heavy atom. The maximum absolute atomic E-state index is 12.8. The van der Waals surface area contributed by atoms with Crippen LogP contribution >= 0.6 is 15.9 Å². The summed E-state index contributed by atoms with van der Waals surface area (Å²) >= 11 is 3.42. The highest BCUT2D eigenvalue weighted by Gasteiger charge is 2.27. The first kappa shape index (κ1) is 26.9. The van der Waals surface area contributed by atoms with Crippen LogP contribution in [0.5, 0.6) is 17.2 Å². The normalized spacial score (nSPS) is 13.6. The summed E-state index contributed by atoms with van der Waals surface area (Å²) in [5, 5.41) is 16.0. The standard InChI is InChI=1S/C28H28BrN3O6/c1-17(6-2-5-9-26(34)32-22-8-4-3-7-21(22)30)27(20-14-18(29)10-12-23(20)33)38-28(35)31-19-11-13-24-25(15-19)37-16-36-24/h3-5,7-15,17,27,33H,2,6,16,30H2,1H3,(H,31,35)(H,32,34)/b9-5+/t17-,27+/m1/s1. The van der Waals surface area contributed by atoms with E-state index in [-0.39, 0.29) is 24.4 Å². The van der Waals surface area contributed by atoms with Crippen molar-refractivity contribution in [1.82, 2.24) is 0 Å². The van der Waals surface area contributed by atoms with E-state index in [1.54, 1.807) is 60.7 Å². The molecule has 10 heteroatoms. The maximum atomic E-state index is 12.8. The van der Waals surface area contributed by atoms with Gasteiger partial charge in [0.15, 0.2) is 11.5 Å². The van der Waals surface area contributed by atoms with Crippen LogP contribution in [0.1, 0.15) is 31.4 Å². The number of amides is 2. The van der Waals surface area contributed by atoms with Crippen molar-refractivity contribution < 1.29 is 28.9 Å². The minimum Gasteiger partial charge on any atom is -0.508 e. The number of para-hydroxylation sites is 2. The molecule has 5 N–H and O–H groups in total. The zero-order valence-corrected chi connectivity index (χ0v) is 22.2. The molecule has 1 aliphatic heterocycles. The molecule has 0 saturated heterocycles. The summed E-state index contributed by atoms with van der Waals surface area (Å²) in [5.41, 5.74) is 7.84. The van der Waals surface area contributed by atoms with Crippen LogP contribution in [-0.4, -0.2) is 23.9 Å². The molecule has 38 heavy (non-hydrogen) atoms. The second-order valence-corrected chi connectivity index (χ2v) is 9.67. The number of benzene rings is 3. The molecule has 1 aliphatic rings. The molecule has 0 unspecified atom stereocenters. The number of nitrogens with one attached hydrogen (secondary N) is 2. The molecule has 2 amide bonds. The third-order valence-electron chi connectivity index (χ3n) is 5.94. The average molecular weight is 582 g/mol. The lowest BCUT2D eigenvalue weighted by molar-refractivity contribution is -0.111. The number of ether oxygens (including phenoxy) is 3. The molecule has 0 saturated carbocycles. The SMILES string of the molecule is C[C@H](CC/C=C/C(=O)Nc1ccccc1N)[C@H](OC(=O)Nc1ccc2c(c1)OCO2)c1cc(Br)ccc1O. The van der Waals surface area contributed by atoms with E-state index >= 15 is 0 Å². The summed E-state index contributed by atoms with van der Waals surface area (Å²) < 4.78 is 17.2. The zero-order chi connectivity index (χ0) is 27.1. The van der Waals surface area contributed by atoms with E-state index in [1.165, 1.54) is 12.1 Å². The van der Waals surface area contributed by atoms with Gasteiger partial charge in [0, 0.05) is 21.8 Å². The summed E-state index contributed by atoms with van der Waals surface area (Å²) in [6, 6.07) is 17.0. The van der Waals surface area contributed by atoms with Crippen molar-refractivity contribution in [2.45, 2.75) is 25.9 Å². The van der Waals surface area contributed by atoms with Crippen molar-refractivity contribution in [3.63, 3.8) is 0 Å². The van der Waals surface area contributed by atoms with Crippen LogP contribution in [0.2, 0.25) is 0 Å². The van der Waals surface area contributed by atoms with Gasteiger partial charge in [0.1, 0.15) is 11.9 Å². The van der Waals surface area contributed by atoms with Gasteiger partial charge in [-0.3, -0.25) is 10.1 Å². The molecular formula is C28H28BrN3O6. The van der Waals surface area contributed by atoms with E-state index < -0.39 is 12.2 Å². The molecule has 0 aromatic heterocycles. The van der Waals surface area contributed by atoms with Gasteiger partial charge >= 0.3 is 6.09 Å². The Kier molecular flexibility index (Phi) is 8.75. The number of hydrogen-bond donors (Lipinski definition) is 4. The van der Waals surface area contributed by atoms with E-state index in [9.17, 15) is 14.7 Å². The van der Waals surface area contributed by atoms with Crippen molar-refractivity contribution >= 4 is 45.0 Å². The minimum atomic E-state index is -0.757. The number of allylic oxidation sites excluding steroid dienone is 1. The fourth-order valence-electron chi connectivity index (χ4n) is 3.96. The van der Waals surface area contributed by atoms with Crippen molar-refractivity contribution in [3.05, 3.63) is 82.9 Å². The second kappa shape index (κ2) is 12.4. The Labute approximate surface area is 228 Å². The number of rotatable bonds is 9. The molecule has 0 spiro atoms. The number of anilines is 3. The minimum absolute atomic E-state index is 0.0105. The molecule has 9 nitrogen and oxygen atoms in total. The molecule has 0 radical (unpaired) electrons. The van der Waals surface area contributed by atoms with Gasteiger partial charge in [-0.05, 0) is 67.3 Å². The Balaban J connectivity index is 1.40. The number of carbonyl (C=O) groups is 2. The molecule has 0 bridgehead atoms. The van der Waals surface area contributed by atoms with Gasteiger partial charge in [0.05, 0.1) is 11.4 Å². The second-order valence-electron chi connectivity index (χ2n) is 8.76. The van der Waals surface area contributed by atoms with Crippen LogP contribution in [0.25, 0.3) is 0 Å². The molecule has 0 fully saturated rings. The lowest BCUT2D eigenvalue weighted by atomic mass is 9.92. The van der Waals surface area contributed by atoms with Crippen LogP contribution in [0.3, 0.4) is 0 Å². The number of hydrogen-bond acceptors (Lipinski definition) is 7. The topological polar surface area (TPSA) is 132 Å². The number of nitrogen functional groups attached to an aromatic ring is 1. The Morgan fingerprint density at radius 1 is 1.11 bits per heavy atom. The van der Waals surface area contributed by atoms with Gasteiger partial charge in [0.2, 0.25) is 12.7 Å². The summed E-state index contributed by atoms with van der Waals surface area (Å²) in [6.07, 6.45) is 2.86. The summed E-state index contributed by atoms with van der Waals surface area (Å²) in [6.45, 7) is 2.04. The van der Waals surface area contributed by atoms with E-state index in [0.717, 1.165) is 4.47 Å². The van der Waals surface area contributed by atoms with Crippen molar-refractivity contribution in [1.29, 1.82) is 0 Å². The fourth-order valence-corrected chi connectivity index (χ4v) is 4.34. The van der Waals surface area contributed by atoms with Gasteiger partial charge in [-0.2, -0.15) is 0 Å². The molecule has 198 valence electrons. The number of fused-ring (bicyclic) bond motifs is 1. The maximum Gasteiger partial charge on any atom is 0.412 e. The Morgan fingerprint density at radius 3 is 2.71 bits per heavy atom. The molecule has 3 aromatic rings. The number of phenols is 1. The van der Waals surface area contributed by atoms with Crippen LogP contribution < -0.4 is 25.8 Å². The van der Waals surface area contributed by atoms with Gasteiger partial charge < -0.3 is 30.4 Å². The number of carbonyl (C=O) groups excluding carboxylic acids is 2. The quantitative estimate of drug-likeness (QED) is 0.170. The van der Waals surface area contributed by atoms with Crippen LogP contribution in [-0.2, 0) is 9.53 Å². The third kappa shape index (κ3) is 6.98. The lowest BCUT2D eigenvalue weighted by Crippen LogP contribution is -2.22. The molecule has 1 heterocycles. The highest BCUT2D eigenvalue weighted by Crippen LogP contribution is 2.38. The van der Waals surface area contributed by atoms with E-state index in [0.29, 0.717) is 47.0 Å². The predicted octanol–water partition coefficient (Wildman–Crippen LogP) is 6.37. The highest BCUT2D eigenvalue weighted by atomic mass is 79.9. The van der Waals surface area contributed by atoms with E-state index in [2.05, 4.69) is 26.6 Å². The largest absolute Gasteiger partial charge is 0.508 e. The van der Waals surface area contributed by atoms with Crippen molar-refractivity contribution in [2.24, 2.45) is 5.92 Å². The summed E-state index contributed by atoms with van der Waals surface area (Å²) in [4.78, 5) is 25.1. The smallest absolute Gasteiger partial charge is 0.412 e.